The van der Waals surface area contributed by atoms with Crippen molar-refractivity contribution < 1.29 is 27.5 Å². The lowest BCUT2D eigenvalue weighted by atomic mass is 10.1. The molecule has 1 N–H and O–H groups in total. The van der Waals surface area contributed by atoms with Gasteiger partial charge in [0, 0.05) is 25.1 Å². The minimum Gasteiger partial charge on any atom is -0.405 e. The third-order valence-electron chi connectivity index (χ3n) is 4.17. The predicted octanol–water partition coefficient (Wildman–Crippen LogP) is 2.85. The summed E-state index contributed by atoms with van der Waals surface area (Å²) in [5.74, 6) is -0.906. The molecule has 0 spiro atoms. The van der Waals surface area contributed by atoms with Crippen molar-refractivity contribution in [2.45, 2.75) is 38.6 Å². The summed E-state index contributed by atoms with van der Waals surface area (Å²) in [6.45, 7) is -0.224. The molecule has 1 saturated carbocycles. The highest BCUT2D eigenvalue weighted by Crippen LogP contribution is 2.27. The van der Waals surface area contributed by atoms with Gasteiger partial charge in [0.15, 0.2) is 0 Å². The first-order chi connectivity index (χ1) is 11.8. The number of benzene rings is 1. The van der Waals surface area contributed by atoms with E-state index < -0.39 is 6.36 Å². The summed E-state index contributed by atoms with van der Waals surface area (Å²) in [5, 5.41) is 2.60. The fraction of sp³-hybridized carbons (Fsp3) is 0.529. The molecule has 0 bridgehead atoms. The molecule has 1 aliphatic rings. The minimum absolute atomic E-state index is 0.0426. The van der Waals surface area contributed by atoms with Gasteiger partial charge in [0.2, 0.25) is 11.8 Å². The third kappa shape index (κ3) is 5.95. The van der Waals surface area contributed by atoms with Gasteiger partial charge >= 0.3 is 6.36 Å². The molecule has 138 valence electrons. The summed E-state index contributed by atoms with van der Waals surface area (Å²) < 4.78 is 41.2. The van der Waals surface area contributed by atoms with Gasteiger partial charge in [-0.1, -0.05) is 31.0 Å². The molecule has 2 amide bonds. The van der Waals surface area contributed by atoms with Crippen molar-refractivity contribution in [3.05, 3.63) is 29.8 Å². The highest BCUT2D eigenvalue weighted by atomic mass is 19.4. The average molecular weight is 358 g/mol. The molecular formula is C17H21F3N2O3. The second-order valence-electron chi connectivity index (χ2n) is 6.10. The lowest BCUT2D eigenvalue weighted by Gasteiger charge is -2.20. The number of ether oxygens (including phenoxy) is 1. The molecule has 0 saturated heterocycles. The maximum atomic E-state index is 12.4. The number of hydrogen-bond acceptors (Lipinski definition) is 3. The lowest BCUT2D eigenvalue weighted by Crippen LogP contribution is -2.39. The van der Waals surface area contributed by atoms with Crippen molar-refractivity contribution in [2.24, 2.45) is 5.92 Å². The largest absolute Gasteiger partial charge is 0.573 e. The van der Waals surface area contributed by atoms with Crippen LogP contribution < -0.4 is 10.1 Å². The van der Waals surface area contributed by atoms with Crippen LogP contribution in [0.2, 0.25) is 0 Å². The number of rotatable bonds is 6. The maximum Gasteiger partial charge on any atom is 0.573 e. The highest BCUT2D eigenvalue weighted by Gasteiger charge is 2.32. The number of nitrogens with one attached hydrogen (secondary N) is 1. The maximum absolute atomic E-state index is 12.4. The summed E-state index contributed by atoms with van der Waals surface area (Å²) in [7, 11) is 1.47. The van der Waals surface area contributed by atoms with Gasteiger partial charge in [-0.25, -0.2) is 0 Å². The van der Waals surface area contributed by atoms with E-state index in [1.54, 1.807) is 6.07 Å². The van der Waals surface area contributed by atoms with Gasteiger partial charge in [0.1, 0.15) is 5.75 Å². The number of nitrogens with zero attached hydrogens (tertiary/aromatic N) is 1. The molecule has 1 aliphatic carbocycles. The number of likely N-dealkylation sites (N-methyl/N-ethyl adjacent to an activating group) is 1. The van der Waals surface area contributed by atoms with E-state index in [2.05, 4.69) is 10.1 Å². The molecule has 1 fully saturated rings. The van der Waals surface area contributed by atoms with Gasteiger partial charge in [0.05, 0.1) is 6.54 Å². The molecule has 0 heterocycles. The van der Waals surface area contributed by atoms with E-state index in [4.69, 9.17) is 0 Å². The van der Waals surface area contributed by atoms with Crippen LogP contribution in [-0.4, -0.2) is 36.7 Å². The van der Waals surface area contributed by atoms with Crippen molar-refractivity contribution in [1.29, 1.82) is 0 Å². The van der Waals surface area contributed by atoms with E-state index in [0.717, 1.165) is 25.7 Å². The Balaban J connectivity index is 1.89. The Labute approximate surface area is 144 Å². The number of amides is 2. The monoisotopic (exact) mass is 358 g/mol. The van der Waals surface area contributed by atoms with Gasteiger partial charge < -0.3 is 15.0 Å². The van der Waals surface area contributed by atoms with E-state index in [-0.39, 0.29) is 42.1 Å². The number of carbonyl (C=O) groups is 2. The van der Waals surface area contributed by atoms with Crippen LogP contribution in [0, 0.1) is 5.92 Å². The van der Waals surface area contributed by atoms with Gasteiger partial charge in [-0.05, 0) is 18.9 Å². The van der Waals surface area contributed by atoms with Gasteiger partial charge in [-0.2, -0.15) is 0 Å². The van der Waals surface area contributed by atoms with Crippen molar-refractivity contribution in [1.82, 2.24) is 10.2 Å². The molecule has 5 nitrogen and oxygen atoms in total. The molecular weight excluding hydrogens is 337 g/mol. The number of alkyl halides is 3. The Kier molecular flexibility index (Phi) is 6.27. The smallest absolute Gasteiger partial charge is 0.405 e. The summed E-state index contributed by atoms with van der Waals surface area (Å²) in [5.41, 5.74) is 0.234. The number of hydrogen-bond donors (Lipinski definition) is 1. The van der Waals surface area contributed by atoms with Crippen LogP contribution in [0.1, 0.15) is 31.2 Å². The van der Waals surface area contributed by atoms with E-state index in [1.807, 2.05) is 0 Å². The highest BCUT2D eigenvalue weighted by molar-refractivity contribution is 5.85. The zero-order valence-corrected chi connectivity index (χ0v) is 13.9. The van der Waals surface area contributed by atoms with Crippen LogP contribution in [0.25, 0.3) is 0 Å². The first-order valence-electron chi connectivity index (χ1n) is 8.11. The fourth-order valence-electron chi connectivity index (χ4n) is 2.83. The molecule has 0 atom stereocenters. The first-order valence-corrected chi connectivity index (χ1v) is 8.11. The minimum atomic E-state index is -4.80. The molecule has 0 unspecified atom stereocenters. The molecule has 8 heteroatoms. The topological polar surface area (TPSA) is 58.6 Å². The van der Waals surface area contributed by atoms with Crippen LogP contribution >= 0.6 is 0 Å². The number of para-hydroxylation sites is 1. The molecule has 0 aliphatic heterocycles. The number of halogens is 3. The van der Waals surface area contributed by atoms with Crippen molar-refractivity contribution in [3.63, 3.8) is 0 Å². The second-order valence-corrected chi connectivity index (χ2v) is 6.10. The Morgan fingerprint density at radius 2 is 1.88 bits per heavy atom. The van der Waals surface area contributed by atoms with Crippen LogP contribution in [0.15, 0.2) is 24.3 Å². The molecule has 1 aromatic carbocycles. The SMILES string of the molecule is CN(Cc1ccccc1OC(F)(F)F)C(=O)CNC(=O)C1CCCC1. The van der Waals surface area contributed by atoms with E-state index in [1.165, 1.54) is 30.1 Å². The standard InChI is InChI=1S/C17H21F3N2O3/c1-22(15(23)10-21-16(24)12-6-2-3-7-12)11-13-8-4-5-9-14(13)25-17(18,19)20/h4-5,8-9,12H,2-3,6-7,10-11H2,1H3,(H,21,24). The first kappa shape index (κ1) is 19.1. The molecule has 25 heavy (non-hydrogen) atoms. The third-order valence-corrected chi connectivity index (χ3v) is 4.17. The van der Waals surface area contributed by atoms with Crippen molar-refractivity contribution in [2.75, 3.05) is 13.6 Å². The Morgan fingerprint density at radius 3 is 2.52 bits per heavy atom. The molecule has 1 aromatic rings. The van der Waals surface area contributed by atoms with Crippen LogP contribution in [-0.2, 0) is 16.1 Å². The molecule has 2 rings (SSSR count). The van der Waals surface area contributed by atoms with Gasteiger partial charge in [0.25, 0.3) is 0 Å². The van der Waals surface area contributed by atoms with Crippen molar-refractivity contribution >= 4 is 11.8 Å². The summed E-state index contributed by atoms with van der Waals surface area (Å²) >= 11 is 0. The normalized spacial score (nSPS) is 15.0. The molecule has 0 radical (unpaired) electrons. The van der Waals surface area contributed by atoms with E-state index in [9.17, 15) is 22.8 Å². The van der Waals surface area contributed by atoms with E-state index in [0.29, 0.717) is 0 Å². The van der Waals surface area contributed by atoms with Crippen molar-refractivity contribution in [3.8, 4) is 5.75 Å². The summed E-state index contributed by atoms with van der Waals surface area (Å²) in [6.07, 6.45) is -1.10. The number of carbonyl (C=O) groups excluding carboxylic acids is 2. The van der Waals surface area contributed by atoms with Crippen LogP contribution in [0.5, 0.6) is 5.75 Å². The Bertz CT molecular complexity index is 613. The van der Waals surface area contributed by atoms with Gasteiger partial charge in [-0.15, -0.1) is 13.2 Å². The average Bonchev–Trinajstić information content (AvgIpc) is 3.07. The zero-order chi connectivity index (χ0) is 18.4. The zero-order valence-electron chi connectivity index (χ0n) is 13.9. The Hall–Kier alpha value is -2.25. The fourth-order valence-corrected chi connectivity index (χ4v) is 2.83. The van der Waals surface area contributed by atoms with E-state index >= 15 is 0 Å². The predicted molar refractivity (Wildman–Crippen MR) is 84.6 cm³/mol. The Morgan fingerprint density at radius 1 is 1.24 bits per heavy atom. The van der Waals surface area contributed by atoms with Gasteiger partial charge in [-0.3, -0.25) is 9.59 Å². The van der Waals surface area contributed by atoms with Crippen LogP contribution in [0.3, 0.4) is 0 Å². The van der Waals surface area contributed by atoms with Crippen LogP contribution in [0.4, 0.5) is 13.2 Å². The second kappa shape index (κ2) is 8.22. The summed E-state index contributed by atoms with van der Waals surface area (Å²) in [4.78, 5) is 25.3. The summed E-state index contributed by atoms with van der Waals surface area (Å²) in [6, 6.07) is 5.65. The lowest BCUT2D eigenvalue weighted by molar-refractivity contribution is -0.275. The molecule has 0 aromatic heterocycles. The quantitative estimate of drug-likeness (QED) is 0.851.